The smallest absolute Gasteiger partial charge is 0.0182 e. The minimum absolute atomic E-state index is 0.516. The second-order valence-electron chi connectivity index (χ2n) is 5.89. The van der Waals surface area contributed by atoms with Gasteiger partial charge in [0.25, 0.3) is 0 Å². The Labute approximate surface area is 101 Å². The van der Waals surface area contributed by atoms with E-state index in [0.29, 0.717) is 5.54 Å². The predicted molar refractivity (Wildman–Crippen MR) is 69.8 cm³/mol. The lowest BCUT2D eigenvalue weighted by Crippen LogP contribution is -2.49. The Hall–Kier alpha value is -0.0800. The fraction of sp³-hybridized carbons (Fsp3) is 1.00. The van der Waals surface area contributed by atoms with Gasteiger partial charge < -0.3 is 5.32 Å². The van der Waals surface area contributed by atoms with Gasteiger partial charge in [-0.1, -0.05) is 26.2 Å². The van der Waals surface area contributed by atoms with E-state index in [1.165, 1.54) is 64.6 Å². The van der Waals surface area contributed by atoms with Crippen molar-refractivity contribution in [2.45, 2.75) is 70.4 Å². The number of hydrogen-bond acceptors (Lipinski definition) is 2. The number of rotatable bonds is 2. The first-order valence-electron chi connectivity index (χ1n) is 7.23. The maximum Gasteiger partial charge on any atom is 0.0182 e. The highest BCUT2D eigenvalue weighted by atomic mass is 15.2. The van der Waals surface area contributed by atoms with Crippen molar-refractivity contribution in [1.82, 2.24) is 10.2 Å². The standard InChI is InChI=1S/C14H28N2/c1-3-13-7-11-16(12-10-15-13)14(2)8-5-4-6-9-14/h13,15H,3-12H2,1-2H3. The Morgan fingerprint density at radius 2 is 1.94 bits per heavy atom. The van der Waals surface area contributed by atoms with E-state index in [9.17, 15) is 0 Å². The second-order valence-corrected chi connectivity index (χ2v) is 5.89. The summed E-state index contributed by atoms with van der Waals surface area (Å²) in [6.07, 6.45) is 9.80. The van der Waals surface area contributed by atoms with Crippen molar-refractivity contribution in [3.8, 4) is 0 Å². The Kier molecular flexibility index (Phi) is 4.26. The maximum atomic E-state index is 3.68. The highest BCUT2D eigenvalue weighted by Gasteiger charge is 2.33. The SMILES string of the molecule is CCC1CCN(C2(C)CCCCC2)CCN1. The first kappa shape index (κ1) is 12.4. The van der Waals surface area contributed by atoms with E-state index in [0.717, 1.165) is 6.04 Å². The van der Waals surface area contributed by atoms with E-state index in [1.54, 1.807) is 0 Å². The molecule has 1 unspecified atom stereocenters. The molecule has 2 rings (SSSR count). The van der Waals surface area contributed by atoms with Gasteiger partial charge in [0.1, 0.15) is 0 Å². The van der Waals surface area contributed by atoms with Crippen LogP contribution in [-0.4, -0.2) is 36.1 Å². The minimum Gasteiger partial charge on any atom is -0.313 e. The van der Waals surface area contributed by atoms with E-state index in [4.69, 9.17) is 0 Å². The number of nitrogens with one attached hydrogen (secondary N) is 1. The first-order valence-corrected chi connectivity index (χ1v) is 7.23. The van der Waals surface area contributed by atoms with Gasteiger partial charge in [-0.15, -0.1) is 0 Å². The summed E-state index contributed by atoms with van der Waals surface area (Å²) in [6.45, 7) is 8.55. The summed E-state index contributed by atoms with van der Waals surface area (Å²) in [5.41, 5.74) is 0.516. The van der Waals surface area contributed by atoms with Crippen LogP contribution in [0.2, 0.25) is 0 Å². The molecular weight excluding hydrogens is 196 g/mol. The van der Waals surface area contributed by atoms with Gasteiger partial charge in [-0.3, -0.25) is 4.90 Å². The molecule has 0 aromatic carbocycles. The molecule has 16 heavy (non-hydrogen) atoms. The van der Waals surface area contributed by atoms with Crippen molar-refractivity contribution in [2.24, 2.45) is 0 Å². The molecule has 1 heterocycles. The van der Waals surface area contributed by atoms with Crippen LogP contribution in [0.5, 0.6) is 0 Å². The van der Waals surface area contributed by atoms with Crippen LogP contribution < -0.4 is 5.32 Å². The van der Waals surface area contributed by atoms with E-state index in [-0.39, 0.29) is 0 Å². The van der Waals surface area contributed by atoms with Gasteiger partial charge in [-0.05, 0) is 32.6 Å². The van der Waals surface area contributed by atoms with Gasteiger partial charge in [-0.2, -0.15) is 0 Å². The Balaban J connectivity index is 1.92. The summed E-state index contributed by atoms with van der Waals surface area (Å²) in [6, 6.07) is 0.761. The summed E-state index contributed by atoms with van der Waals surface area (Å²) in [5.74, 6) is 0. The maximum absolute atomic E-state index is 3.68. The molecule has 1 atom stereocenters. The number of hydrogen-bond donors (Lipinski definition) is 1. The Bertz CT molecular complexity index is 209. The average Bonchev–Trinajstić information content (AvgIpc) is 2.55. The second kappa shape index (κ2) is 5.50. The van der Waals surface area contributed by atoms with Gasteiger partial charge in [0.05, 0.1) is 0 Å². The third-order valence-electron chi connectivity index (χ3n) is 4.75. The van der Waals surface area contributed by atoms with Crippen LogP contribution in [0.25, 0.3) is 0 Å². The zero-order valence-corrected chi connectivity index (χ0v) is 11.1. The quantitative estimate of drug-likeness (QED) is 0.776. The Morgan fingerprint density at radius 1 is 1.19 bits per heavy atom. The predicted octanol–water partition coefficient (Wildman–Crippen LogP) is 2.78. The van der Waals surface area contributed by atoms with E-state index >= 15 is 0 Å². The monoisotopic (exact) mass is 224 g/mol. The summed E-state index contributed by atoms with van der Waals surface area (Å²) >= 11 is 0. The molecule has 2 fully saturated rings. The van der Waals surface area contributed by atoms with Crippen molar-refractivity contribution in [2.75, 3.05) is 19.6 Å². The molecule has 1 aliphatic heterocycles. The molecule has 94 valence electrons. The van der Waals surface area contributed by atoms with Gasteiger partial charge in [0.15, 0.2) is 0 Å². The third-order valence-corrected chi connectivity index (χ3v) is 4.75. The van der Waals surface area contributed by atoms with Crippen molar-refractivity contribution in [3.05, 3.63) is 0 Å². The summed E-state index contributed by atoms with van der Waals surface area (Å²) < 4.78 is 0. The number of nitrogens with zero attached hydrogens (tertiary/aromatic N) is 1. The molecule has 0 bridgehead atoms. The van der Waals surface area contributed by atoms with Crippen LogP contribution in [0.1, 0.15) is 58.8 Å². The van der Waals surface area contributed by atoms with Crippen molar-refractivity contribution in [3.63, 3.8) is 0 Å². The molecule has 2 heteroatoms. The van der Waals surface area contributed by atoms with E-state index in [1.807, 2.05) is 0 Å². The highest BCUT2D eigenvalue weighted by molar-refractivity contribution is 4.91. The molecular formula is C14H28N2. The van der Waals surface area contributed by atoms with Gasteiger partial charge in [-0.25, -0.2) is 0 Å². The molecule has 0 radical (unpaired) electrons. The summed E-state index contributed by atoms with van der Waals surface area (Å²) in [4.78, 5) is 2.77. The zero-order valence-electron chi connectivity index (χ0n) is 11.1. The molecule has 1 N–H and O–H groups in total. The van der Waals surface area contributed by atoms with Gasteiger partial charge >= 0.3 is 0 Å². The fourth-order valence-corrected chi connectivity index (χ4v) is 3.45. The summed E-state index contributed by atoms with van der Waals surface area (Å²) in [5, 5.41) is 3.68. The molecule has 0 amide bonds. The van der Waals surface area contributed by atoms with Crippen molar-refractivity contribution >= 4 is 0 Å². The summed E-state index contributed by atoms with van der Waals surface area (Å²) in [7, 11) is 0. The van der Waals surface area contributed by atoms with Crippen LogP contribution in [0.15, 0.2) is 0 Å². The molecule has 0 spiro atoms. The lowest BCUT2D eigenvalue weighted by Gasteiger charge is -2.43. The van der Waals surface area contributed by atoms with Crippen molar-refractivity contribution < 1.29 is 0 Å². The molecule has 0 aromatic rings. The van der Waals surface area contributed by atoms with Crippen molar-refractivity contribution in [1.29, 1.82) is 0 Å². The van der Waals surface area contributed by atoms with Crippen LogP contribution in [0, 0.1) is 0 Å². The average molecular weight is 224 g/mol. The molecule has 1 saturated heterocycles. The normalized spacial score (nSPS) is 32.2. The van der Waals surface area contributed by atoms with E-state index < -0.39 is 0 Å². The van der Waals surface area contributed by atoms with Gasteiger partial charge in [0, 0.05) is 31.2 Å². The Morgan fingerprint density at radius 3 is 2.62 bits per heavy atom. The topological polar surface area (TPSA) is 15.3 Å². The van der Waals surface area contributed by atoms with Gasteiger partial charge in [0.2, 0.25) is 0 Å². The minimum atomic E-state index is 0.516. The lowest BCUT2D eigenvalue weighted by atomic mass is 9.81. The molecule has 1 aliphatic carbocycles. The fourth-order valence-electron chi connectivity index (χ4n) is 3.45. The molecule has 2 aliphatic rings. The van der Waals surface area contributed by atoms with Crippen LogP contribution >= 0.6 is 0 Å². The third kappa shape index (κ3) is 2.78. The molecule has 0 aromatic heterocycles. The largest absolute Gasteiger partial charge is 0.313 e. The van der Waals surface area contributed by atoms with Crippen LogP contribution in [0.4, 0.5) is 0 Å². The van der Waals surface area contributed by atoms with E-state index in [2.05, 4.69) is 24.1 Å². The zero-order chi connectivity index (χ0) is 11.4. The molecule has 1 saturated carbocycles. The van der Waals surface area contributed by atoms with Crippen LogP contribution in [0.3, 0.4) is 0 Å². The van der Waals surface area contributed by atoms with Crippen LogP contribution in [-0.2, 0) is 0 Å². The lowest BCUT2D eigenvalue weighted by molar-refractivity contribution is 0.0719. The highest BCUT2D eigenvalue weighted by Crippen LogP contribution is 2.33. The first-order chi connectivity index (χ1) is 7.74. The molecule has 2 nitrogen and oxygen atoms in total.